The molecule has 2 aromatic rings. The van der Waals surface area contributed by atoms with Crippen molar-refractivity contribution in [3.05, 3.63) is 22.3 Å². The van der Waals surface area contributed by atoms with E-state index in [4.69, 9.17) is 17.0 Å². The van der Waals surface area contributed by atoms with Gasteiger partial charge in [0, 0.05) is 39.3 Å². The van der Waals surface area contributed by atoms with E-state index >= 15 is 0 Å². The smallest absolute Gasteiger partial charge is 0.410 e. The SMILES string of the molecule is CC(C(=O)NCCN1CCN(C(=O)OC(C)(C)C)CC1)n1c(-c2cccs2)n[nH]c1=S. The van der Waals surface area contributed by atoms with Crippen LogP contribution in [0.3, 0.4) is 0 Å². The Kier molecular flexibility index (Phi) is 7.50. The normalized spacial score (nSPS) is 16.2. The van der Waals surface area contributed by atoms with Crippen LogP contribution >= 0.6 is 23.6 Å². The van der Waals surface area contributed by atoms with Crippen molar-refractivity contribution in [1.82, 2.24) is 29.9 Å². The van der Waals surface area contributed by atoms with Crippen LogP contribution in [0.4, 0.5) is 4.79 Å². The topological polar surface area (TPSA) is 95.5 Å². The van der Waals surface area contributed by atoms with Gasteiger partial charge >= 0.3 is 6.09 Å². The van der Waals surface area contributed by atoms with Gasteiger partial charge in [0.1, 0.15) is 11.6 Å². The molecule has 9 nitrogen and oxygen atoms in total. The number of thiophene rings is 1. The van der Waals surface area contributed by atoms with Crippen molar-refractivity contribution in [1.29, 1.82) is 0 Å². The maximum Gasteiger partial charge on any atom is 0.410 e. The van der Waals surface area contributed by atoms with Crippen LogP contribution in [-0.2, 0) is 9.53 Å². The number of carbonyl (C=O) groups excluding carboxylic acids is 2. The monoisotopic (exact) mass is 466 g/mol. The van der Waals surface area contributed by atoms with Crippen molar-refractivity contribution in [2.45, 2.75) is 39.3 Å². The molecule has 1 aliphatic heterocycles. The Morgan fingerprint density at radius 1 is 1.32 bits per heavy atom. The van der Waals surface area contributed by atoms with Crippen molar-refractivity contribution in [2.75, 3.05) is 39.3 Å². The van der Waals surface area contributed by atoms with Crippen molar-refractivity contribution in [3.8, 4) is 10.7 Å². The maximum atomic E-state index is 12.7. The molecule has 1 aliphatic rings. The molecule has 2 aromatic heterocycles. The standard InChI is InChI=1S/C20H30N6O3S2/c1-14(26-16(22-23-18(26)30)15-6-5-13-31-15)17(27)21-7-8-24-9-11-25(12-10-24)19(28)29-20(2,3)4/h5-6,13-14H,7-12H2,1-4H3,(H,21,27)(H,23,30). The van der Waals surface area contributed by atoms with E-state index in [9.17, 15) is 9.59 Å². The van der Waals surface area contributed by atoms with Crippen LogP contribution in [0.15, 0.2) is 17.5 Å². The first-order valence-electron chi connectivity index (χ1n) is 10.3. The van der Waals surface area contributed by atoms with Gasteiger partial charge in [-0.05, 0) is 51.4 Å². The minimum atomic E-state index is -0.490. The van der Waals surface area contributed by atoms with Gasteiger partial charge in [-0.15, -0.1) is 11.3 Å². The number of ether oxygens (including phenoxy) is 1. The molecule has 31 heavy (non-hydrogen) atoms. The number of hydrogen-bond acceptors (Lipinski definition) is 7. The second-order valence-corrected chi connectivity index (χ2v) is 9.81. The molecule has 0 radical (unpaired) electrons. The van der Waals surface area contributed by atoms with E-state index in [0.29, 0.717) is 30.2 Å². The van der Waals surface area contributed by atoms with Gasteiger partial charge in [-0.3, -0.25) is 19.4 Å². The number of nitrogens with zero attached hydrogens (tertiary/aromatic N) is 4. The lowest BCUT2D eigenvalue weighted by Gasteiger charge is -2.35. The molecule has 1 saturated heterocycles. The van der Waals surface area contributed by atoms with Gasteiger partial charge < -0.3 is 15.0 Å². The molecule has 1 fully saturated rings. The van der Waals surface area contributed by atoms with Gasteiger partial charge in [0.2, 0.25) is 5.91 Å². The van der Waals surface area contributed by atoms with Gasteiger partial charge in [0.05, 0.1) is 4.88 Å². The highest BCUT2D eigenvalue weighted by Gasteiger charge is 2.26. The predicted molar refractivity (Wildman–Crippen MR) is 123 cm³/mol. The highest BCUT2D eigenvalue weighted by atomic mass is 32.1. The molecule has 0 bridgehead atoms. The molecule has 0 aliphatic carbocycles. The number of piperazine rings is 1. The Hall–Kier alpha value is -2.24. The maximum absolute atomic E-state index is 12.7. The summed E-state index contributed by atoms with van der Waals surface area (Å²) in [6.45, 7) is 11.4. The second kappa shape index (κ2) is 9.92. The van der Waals surface area contributed by atoms with Crippen LogP contribution in [0.2, 0.25) is 0 Å². The van der Waals surface area contributed by atoms with Crippen LogP contribution in [0.1, 0.15) is 33.7 Å². The first-order valence-corrected chi connectivity index (χ1v) is 11.6. The molecular weight excluding hydrogens is 436 g/mol. The molecule has 0 aromatic carbocycles. The molecular formula is C20H30N6O3S2. The second-order valence-electron chi connectivity index (χ2n) is 8.48. The van der Waals surface area contributed by atoms with E-state index in [1.165, 1.54) is 0 Å². The Morgan fingerprint density at radius 3 is 2.65 bits per heavy atom. The average molecular weight is 467 g/mol. The summed E-state index contributed by atoms with van der Waals surface area (Å²) in [5.74, 6) is 0.559. The van der Waals surface area contributed by atoms with Crippen molar-refractivity contribution < 1.29 is 14.3 Å². The zero-order valence-electron chi connectivity index (χ0n) is 18.4. The van der Waals surface area contributed by atoms with Crippen molar-refractivity contribution >= 4 is 35.6 Å². The summed E-state index contributed by atoms with van der Waals surface area (Å²) < 4.78 is 7.59. The summed E-state index contributed by atoms with van der Waals surface area (Å²) in [6, 6.07) is 3.41. The summed E-state index contributed by atoms with van der Waals surface area (Å²) in [7, 11) is 0. The largest absolute Gasteiger partial charge is 0.444 e. The number of rotatable bonds is 6. The van der Waals surface area contributed by atoms with Gasteiger partial charge in [0.25, 0.3) is 0 Å². The zero-order valence-corrected chi connectivity index (χ0v) is 20.0. The highest BCUT2D eigenvalue weighted by molar-refractivity contribution is 7.71. The summed E-state index contributed by atoms with van der Waals surface area (Å²) in [5.41, 5.74) is -0.490. The summed E-state index contributed by atoms with van der Waals surface area (Å²) in [6.07, 6.45) is -0.271. The third-order valence-corrected chi connectivity index (χ3v) is 6.12. The Morgan fingerprint density at radius 2 is 2.03 bits per heavy atom. The number of carbonyl (C=O) groups is 2. The molecule has 0 saturated carbocycles. The lowest BCUT2D eigenvalue weighted by molar-refractivity contribution is -0.123. The van der Waals surface area contributed by atoms with Gasteiger partial charge in [-0.2, -0.15) is 5.10 Å². The molecule has 170 valence electrons. The molecule has 0 spiro atoms. The lowest BCUT2D eigenvalue weighted by atomic mass is 10.2. The lowest BCUT2D eigenvalue weighted by Crippen LogP contribution is -2.51. The number of amides is 2. The van der Waals surface area contributed by atoms with Crippen LogP contribution < -0.4 is 5.32 Å². The number of H-pyrrole nitrogens is 1. The Bertz CT molecular complexity index is 939. The van der Waals surface area contributed by atoms with E-state index in [1.807, 2.05) is 45.2 Å². The Labute approximate surface area is 191 Å². The number of hydrogen-bond donors (Lipinski definition) is 2. The zero-order chi connectivity index (χ0) is 22.6. The van der Waals surface area contributed by atoms with Crippen molar-refractivity contribution in [2.24, 2.45) is 0 Å². The quantitative estimate of drug-likeness (QED) is 0.636. The van der Waals surface area contributed by atoms with E-state index in [1.54, 1.807) is 20.8 Å². The fourth-order valence-corrected chi connectivity index (χ4v) is 4.33. The van der Waals surface area contributed by atoms with Gasteiger partial charge in [0.15, 0.2) is 10.6 Å². The molecule has 1 atom stereocenters. The first-order chi connectivity index (χ1) is 14.7. The van der Waals surface area contributed by atoms with E-state index < -0.39 is 11.6 Å². The molecule has 2 amide bonds. The van der Waals surface area contributed by atoms with E-state index in [-0.39, 0.29) is 12.0 Å². The van der Waals surface area contributed by atoms with Crippen LogP contribution in [0.5, 0.6) is 0 Å². The number of aromatic amines is 1. The molecule has 11 heteroatoms. The number of aromatic nitrogens is 3. The number of nitrogens with one attached hydrogen (secondary N) is 2. The van der Waals surface area contributed by atoms with Crippen LogP contribution in [0.25, 0.3) is 10.7 Å². The minimum absolute atomic E-state index is 0.109. The minimum Gasteiger partial charge on any atom is -0.444 e. The molecule has 3 heterocycles. The molecule has 2 N–H and O–H groups in total. The molecule has 3 rings (SSSR count). The first kappa shape index (κ1) is 23.4. The van der Waals surface area contributed by atoms with Crippen LogP contribution in [-0.4, -0.2) is 81.4 Å². The third-order valence-electron chi connectivity index (χ3n) is 4.96. The summed E-state index contributed by atoms with van der Waals surface area (Å²) in [5, 5.41) is 12.0. The fraction of sp³-hybridized carbons (Fsp3) is 0.600. The van der Waals surface area contributed by atoms with Gasteiger partial charge in [-0.25, -0.2) is 4.79 Å². The van der Waals surface area contributed by atoms with Crippen LogP contribution in [0, 0.1) is 4.77 Å². The summed E-state index contributed by atoms with van der Waals surface area (Å²) >= 11 is 6.89. The van der Waals surface area contributed by atoms with E-state index in [2.05, 4.69) is 20.4 Å². The van der Waals surface area contributed by atoms with Crippen molar-refractivity contribution in [3.63, 3.8) is 0 Å². The highest BCUT2D eigenvalue weighted by Crippen LogP contribution is 2.25. The third kappa shape index (κ3) is 6.14. The predicted octanol–water partition coefficient (Wildman–Crippen LogP) is 2.90. The molecule has 1 unspecified atom stereocenters. The average Bonchev–Trinajstić information content (AvgIpc) is 3.36. The van der Waals surface area contributed by atoms with E-state index in [0.717, 1.165) is 24.5 Å². The van der Waals surface area contributed by atoms with Gasteiger partial charge in [-0.1, -0.05) is 6.07 Å². The Balaban J connectivity index is 1.46. The fourth-order valence-electron chi connectivity index (χ4n) is 3.33. The summed E-state index contributed by atoms with van der Waals surface area (Å²) in [4.78, 5) is 29.8.